The predicted molar refractivity (Wildman–Crippen MR) is 49.1 cm³/mol. The van der Waals surface area contributed by atoms with Gasteiger partial charge in [-0.15, -0.1) is 0 Å². The summed E-state index contributed by atoms with van der Waals surface area (Å²) in [4.78, 5) is 0. The van der Waals surface area contributed by atoms with E-state index in [0.29, 0.717) is 12.2 Å². The lowest BCUT2D eigenvalue weighted by atomic mass is 9.85. The van der Waals surface area contributed by atoms with E-state index in [1.807, 2.05) is 0 Å². The van der Waals surface area contributed by atoms with Crippen LogP contribution in [-0.2, 0) is 4.74 Å². The van der Waals surface area contributed by atoms with Gasteiger partial charge in [0.05, 0.1) is 12.2 Å². The van der Waals surface area contributed by atoms with Crippen LogP contribution in [0.5, 0.6) is 0 Å². The molecule has 2 aliphatic rings. The molecule has 2 atom stereocenters. The van der Waals surface area contributed by atoms with E-state index in [1.54, 1.807) is 0 Å². The van der Waals surface area contributed by atoms with Crippen molar-refractivity contribution in [2.45, 2.75) is 56.0 Å². The van der Waals surface area contributed by atoms with Gasteiger partial charge in [0.15, 0.2) is 0 Å². The van der Waals surface area contributed by atoms with E-state index in [1.165, 1.54) is 19.3 Å². The SMILES string of the molecule is CC1(S)CC2CCCC(C1)O2. The van der Waals surface area contributed by atoms with Crippen LogP contribution in [-0.4, -0.2) is 17.0 Å². The first-order valence-electron chi connectivity index (χ1n) is 4.54. The second kappa shape index (κ2) is 2.67. The normalized spacial score (nSPS) is 50.7. The van der Waals surface area contributed by atoms with Crippen LogP contribution in [0.4, 0.5) is 0 Å². The molecular weight excluding hydrogens is 156 g/mol. The van der Waals surface area contributed by atoms with Crippen LogP contribution in [0.1, 0.15) is 39.0 Å². The molecular formula is C9H16OS. The van der Waals surface area contributed by atoms with Crippen molar-refractivity contribution in [1.29, 1.82) is 0 Å². The van der Waals surface area contributed by atoms with Crippen molar-refractivity contribution in [1.82, 2.24) is 0 Å². The number of hydrogen-bond donors (Lipinski definition) is 1. The molecule has 2 heterocycles. The fraction of sp³-hybridized carbons (Fsp3) is 1.00. The molecule has 0 amide bonds. The number of thiol groups is 1. The number of hydrogen-bond acceptors (Lipinski definition) is 2. The molecule has 2 aliphatic heterocycles. The Hall–Kier alpha value is 0.310. The molecule has 2 rings (SSSR count). The minimum Gasteiger partial charge on any atom is -0.375 e. The van der Waals surface area contributed by atoms with Gasteiger partial charge in [-0.2, -0.15) is 12.6 Å². The van der Waals surface area contributed by atoms with Crippen LogP contribution < -0.4 is 0 Å². The largest absolute Gasteiger partial charge is 0.375 e. The van der Waals surface area contributed by atoms with Gasteiger partial charge in [-0.1, -0.05) is 6.92 Å². The van der Waals surface area contributed by atoms with Crippen LogP contribution in [0.25, 0.3) is 0 Å². The monoisotopic (exact) mass is 172 g/mol. The summed E-state index contributed by atoms with van der Waals surface area (Å²) in [5.41, 5.74) is 0. The van der Waals surface area contributed by atoms with Gasteiger partial charge in [0.2, 0.25) is 0 Å². The average molecular weight is 172 g/mol. The minimum atomic E-state index is 0.244. The first-order valence-corrected chi connectivity index (χ1v) is 4.98. The van der Waals surface area contributed by atoms with E-state index in [2.05, 4.69) is 19.6 Å². The molecule has 0 saturated carbocycles. The summed E-state index contributed by atoms with van der Waals surface area (Å²) in [7, 11) is 0. The highest BCUT2D eigenvalue weighted by Crippen LogP contribution is 2.39. The summed E-state index contributed by atoms with van der Waals surface area (Å²) in [5, 5.41) is 0. The molecule has 0 aromatic heterocycles. The Bertz CT molecular complexity index is 142. The molecule has 2 unspecified atom stereocenters. The Kier molecular flexibility index (Phi) is 1.92. The lowest BCUT2D eigenvalue weighted by Gasteiger charge is -2.43. The van der Waals surface area contributed by atoms with Gasteiger partial charge in [0.1, 0.15) is 0 Å². The molecule has 0 aliphatic carbocycles. The first kappa shape index (κ1) is 7.93. The van der Waals surface area contributed by atoms with E-state index in [0.717, 1.165) is 12.8 Å². The quantitative estimate of drug-likeness (QED) is 0.552. The summed E-state index contributed by atoms with van der Waals surface area (Å²) in [6, 6.07) is 0. The van der Waals surface area contributed by atoms with Gasteiger partial charge in [-0.25, -0.2) is 0 Å². The van der Waals surface area contributed by atoms with Gasteiger partial charge >= 0.3 is 0 Å². The molecule has 1 nitrogen and oxygen atoms in total. The Morgan fingerprint density at radius 1 is 1.27 bits per heavy atom. The molecule has 11 heavy (non-hydrogen) atoms. The maximum Gasteiger partial charge on any atom is 0.0592 e. The first-order chi connectivity index (χ1) is 5.16. The highest BCUT2D eigenvalue weighted by Gasteiger charge is 2.37. The number of ether oxygens (including phenoxy) is 1. The fourth-order valence-corrected chi connectivity index (χ4v) is 2.75. The zero-order valence-corrected chi connectivity index (χ0v) is 7.94. The van der Waals surface area contributed by atoms with E-state index < -0.39 is 0 Å². The third-order valence-corrected chi connectivity index (χ3v) is 3.14. The molecule has 0 radical (unpaired) electrons. The van der Waals surface area contributed by atoms with Crippen LogP contribution in [0, 0.1) is 0 Å². The van der Waals surface area contributed by atoms with Gasteiger partial charge in [0.25, 0.3) is 0 Å². The Labute approximate surface area is 73.9 Å². The van der Waals surface area contributed by atoms with Crippen LogP contribution in [0.15, 0.2) is 0 Å². The van der Waals surface area contributed by atoms with E-state index in [4.69, 9.17) is 4.74 Å². The van der Waals surface area contributed by atoms with Gasteiger partial charge in [0, 0.05) is 4.75 Å². The highest BCUT2D eigenvalue weighted by atomic mass is 32.1. The van der Waals surface area contributed by atoms with Crippen LogP contribution >= 0.6 is 12.6 Å². The zero-order chi connectivity index (χ0) is 7.90. The minimum absolute atomic E-state index is 0.244. The molecule has 2 heteroatoms. The molecule has 0 N–H and O–H groups in total. The van der Waals surface area contributed by atoms with Crippen molar-refractivity contribution in [3.8, 4) is 0 Å². The molecule has 64 valence electrons. The van der Waals surface area contributed by atoms with Crippen molar-refractivity contribution in [2.24, 2.45) is 0 Å². The predicted octanol–water partition coefficient (Wildman–Crippen LogP) is 2.41. The second-order valence-corrected chi connectivity index (χ2v) is 5.30. The number of fused-ring (bicyclic) bond motifs is 2. The molecule has 0 spiro atoms. The zero-order valence-electron chi connectivity index (χ0n) is 7.05. The van der Waals surface area contributed by atoms with E-state index in [9.17, 15) is 0 Å². The molecule has 2 saturated heterocycles. The molecule has 0 aromatic rings. The van der Waals surface area contributed by atoms with Crippen molar-refractivity contribution in [3.05, 3.63) is 0 Å². The molecule has 2 fully saturated rings. The van der Waals surface area contributed by atoms with Gasteiger partial charge in [-0.3, -0.25) is 0 Å². The van der Waals surface area contributed by atoms with Crippen LogP contribution in [0.3, 0.4) is 0 Å². The standard InChI is InChI=1S/C9H16OS/c1-9(11)5-7-3-2-4-8(6-9)10-7/h7-8,11H,2-6H2,1H3. The third kappa shape index (κ3) is 1.73. The lowest BCUT2D eigenvalue weighted by Crippen LogP contribution is -2.42. The Balaban J connectivity index is 2.05. The second-order valence-electron chi connectivity index (χ2n) is 4.22. The summed E-state index contributed by atoms with van der Waals surface area (Å²) in [6.07, 6.45) is 7.20. The smallest absolute Gasteiger partial charge is 0.0592 e. The average Bonchev–Trinajstić information content (AvgIpc) is 1.82. The van der Waals surface area contributed by atoms with Gasteiger partial charge < -0.3 is 4.74 Å². The summed E-state index contributed by atoms with van der Waals surface area (Å²) < 4.78 is 6.05. The number of rotatable bonds is 0. The Morgan fingerprint density at radius 3 is 2.36 bits per heavy atom. The van der Waals surface area contributed by atoms with Crippen molar-refractivity contribution in [2.75, 3.05) is 0 Å². The topological polar surface area (TPSA) is 9.23 Å². The maximum absolute atomic E-state index is 5.81. The summed E-state index contributed by atoms with van der Waals surface area (Å²) in [5.74, 6) is 0. The van der Waals surface area contributed by atoms with Crippen molar-refractivity contribution < 1.29 is 4.74 Å². The van der Waals surface area contributed by atoms with Crippen molar-refractivity contribution >= 4 is 12.6 Å². The Morgan fingerprint density at radius 2 is 1.82 bits per heavy atom. The van der Waals surface area contributed by atoms with Crippen molar-refractivity contribution in [3.63, 3.8) is 0 Å². The van der Waals surface area contributed by atoms with E-state index >= 15 is 0 Å². The molecule has 2 bridgehead atoms. The van der Waals surface area contributed by atoms with E-state index in [-0.39, 0.29) is 4.75 Å². The van der Waals surface area contributed by atoms with Gasteiger partial charge in [-0.05, 0) is 32.1 Å². The molecule has 0 aromatic carbocycles. The van der Waals surface area contributed by atoms with Crippen LogP contribution in [0.2, 0.25) is 0 Å². The maximum atomic E-state index is 5.81. The fourth-order valence-electron chi connectivity index (χ4n) is 2.35. The third-order valence-electron chi connectivity index (χ3n) is 2.77. The summed E-state index contributed by atoms with van der Waals surface area (Å²) in [6.45, 7) is 2.24. The highest BCUT2D eigenvalue weighted by molar-refractivity contribution is 7.81. The lowest BCUT2D eigenvalue weighted by molar-refractivity contribution is -0.0916. The summed E-state index contributed by atoms with van der Waals surface area (Å²) >= 11 is 4.64.